The summed E-state index contributed by atoms with van der Waals surface area (Å²) in [6, 6.07) is 0.739. The monoisotopic (exact) mass is 217 g/mol. The van der Waals surface area contributed by atoms with Crippen molar-refractivity contribution >= 4 is 11.8 Å². The van der Waals surface area contributed by atoms with Crippen molar-refractivity contribution < 1.29 is 4.74 Å². The predicted molar refractivity (Wildman–Crippen MR) is 64.1 cm³/mol. The van der Waals surface area contributed by atoms with Crippen LogP contribution >= 0.6 is 11.8 Å². The fourth-order valence-electron chi connectivity index (χ4n) is 1.59. The Morgan fingerprint density at radius 1 is 1.43 bits per heavy atom. The third kappa shape index (κ3) is 5.89. The third-order valence-corrected chi connectivity index (χ3v) is 3.70. The second-order valence-corrected chi connectivity index (χ2v) is 4.98. The van der Waals surface area contributed by atoms with Gasteiger partial charge in [0.25, 0.3) is 0 Å². The van der Waals surface area contributed by atoms with E-state index in [0.717, 1.165) is 25.8 Å². The summed E-state index contributed by atoms with van der Waals surface area (Å²) < 4.78 is 5.50. The average molecular weight is 217 g/mol. The van der Waals surface area contributed by atoms with E-state index in [1.165, 1.54) is 37.2 Å². The molecule has 1 saturated heterocycles. The van der Waals surface area contributed by atoms with Crippen LogP contribution in [0.4, 0.5) is 0 Å². The summed E-state index contributed by atoms with van der Waals surface area (Å²) in [5.41, 5.74) is 0. The zero-order valence-electron chi connectivity index (χ0n) is 9.26. The SMILES string of the molecule is CCCCOCCNC1CCCSC1. The van der Waals surface area contributed by atoms with Crippen molar-refractivity contribution in [1.82, 2.24) is 5.32 Å². The summed E-state index contributed by atoms with van der Waals surface area (Å²) >= 11 is 2.07. The van der Waals surface area contributed by atoms with Gasteiger partial charge in [-0.25, -0.2) is 0 Å². The van der Waals surface area contributed by atoms with Crippen molar-refractivity contribution in [2.45, 2.75) is 38.6 Å². The topological polar surface area (TPSA) is 21.3 Å². The minimum absolute atomic E-state index is 0.739. The highest BCUT2D eigenvalue weighted by Crippen LogP contribution is 2.16. The van der Waals surface area contributed by atoms with Gasteiger partial charge in [0, 0.05) is 24.9 Å². The van der Waals surface area contributed by atoms with E-state index in [9.17, 15) is 0 Å². The smallest absolute Gasteiger partial charge is 0.0591 e. The highest BCUT2D eigenvalue weighted by Gasteiger charge is 2.11. The molecule has 3 heteroatoms. The number of hydrogen-bond acceptors (Lipinski definition) is 3. The molecule has 1 aliphatic heterocycles. The molecular weight excluding hydrogens is 194 g/mol. The van der Waals surface area contributed by atoms with Crippen LogP contribution in [0.3, 0.4) is 0 Å². The molecular formula is C11H23NOS. The van der Waals surface area contributed by atoms with E-state index in [2.05, 4.69) is 24.0 Å². The largest absolute Gasteiger partial charge is 0.380 e. The molecule has 14 heavy (non-hydrogen) atoms. The summed E-state index contributed by atoms with van der Waals surface area (Å²) in [7, 11) is 0. The summed E-state index contributed by atoms with van der Waals surface area (Å²) in [5, 5.41) is 3.55. The number of hydrogen-bond donors (Lipinski definition) is 1. The van der Waals surface area contributed by atoms with E-state index in [-0.39, 0.29) is 0 Å². The molecule has 0 radical (unpaired) electrons. The summed E-state index contributed by atoms with van der Waals surface area (Å²) in [6.07, 6.45) is 5.15. The third-order valence-electron chi connectivity index (χ3n) is 2.48. The number of nitrogens with one attached hydrogen (secondary N) is 1. The molecule has 0 aliphatic carbocycles. The zero-order valence-corrected chi connectivity index (χ0v) is 10.1. The van der Waals surface area contributed by atoms with E-state index in [4.69, 9.17) is 4.74 Å². The fraction of sp³-hybridized carbons (Fsp3) is 1.00. The number of rotatable bonds is 7. The summed E-state index contributed by atoms with van der Waals surface area (Å²) in [5.74, 6) is 2.64. The van der Waals surface area contributed by atoms with Crippen LogP contribution in [0.5, 0.6) is 0 Å². The van der Waals surface area contributed by atoms with Gasteiger partial charge in [-0.3, -0.25) is 0 Å². The van der Waals surface area contributed by atoms with Crippen LogP contribution in [0.15, 0.2) is 0 Å². The number of thioether (sulfide) groups is 1. The predicted octanol–water partition coefficient (Wildman–Crippen LogP) is 2.29. The van der Waals surface area contributed by atoms with Crippen molar-refractivity contribution in [2.24, 2.45) is 0 Å². The van der Waals surface area contributed by atoms with E-state index < -0.39 is 0 Å². The molecule has 0 aromatic rings. The summed E-state index contributed by atoms with van der Waals surface area (Å²) in [4.78, 5) is 0. The van der Waals surface area contributed by atoms with Crippen molar-refractivity contribution in [3.8, 4) is 0 Å². The highest BCUT2D eigenvalue weighted by atomic mass is 32.2. The minimum atomic E-state index is 0.739. The lowest BCUT2D eigenvalue weighted by molar-refractivity contribution is 0.131. The van der Waals surface area contributed by atoms with Crippen LogP contribution in [0.2, 0.25) is 0 Å². The molecule has 0 aromatic heterocycles. The van der Waals surface area contributed by atoms with Gasteiger partial charge in [0.1, 0.15) is 0 Å². The number of ether oxygens (including phenoxy) is 1. The first-order valence-electron chi connectivity index (χ1n) is 5.82. The molecule has 0 aromatic carbocycles. The van der Waals surface area contributed by atoms with Crippen LogP contribution in [-0.4, -0.2) is 37.3 Å². The molecule has 1 N–H and O–H groups in total. The quantitative estimate of drug-likeness (QED) is 0.661. The van der Waals surface area contributed by atoms with Crippen LogP contribution in [0, 0.1) is 0 Å². The molecule has 0 saturated carbocycles. The fourth-order valence-corrected chi connectivity index (χ4v) is 2.69. The van der Waals surface area contributed by atoms with Gasteiger partial charge in [0.15, 0.2) is 0 Å². The van der Waals surface area contributed by atoms with Gasteiger partial charge in [0.05, 0.1) is 6.61 Å². The maximum Gasteiger partial charge on any atom is 0.0591 e. The Labute approximate surface area is 92.2 Å². The zero-order chi connectivity index (χ0) is 10.1. The van der Waals surface area contributed by atoms with Crippen molar-refractivity contribution in [3.05, 3.63) is 0 Å². The molecule has 2 nitrogen and oxygen atoms in total. The van der Waals surface area contributed by atoms with Gasteiger partial charge in [-0.1, -0.05) is 13.3 Å². The Morgan fingerprint density at radius 2 is 2.36 bits per heavy atom. The van der Waals surface area contributed by atoms with Gasteiger partial charge in [0.2, 0.25) is 0 Å². The lowest BCUT2D eigenvalue weighted by Crippen LogP contribution is -2.35. The van der Waals surface area contributed by atoms with Crippen LogP contribution < -0.4 is 5.32 Å². The summed E-state index contributed by atoms with van der Waals surface area (Å²) in [6.45, 7) is 5.02. The average Bonchev–Trinajstić information content (AvgIpc) is 2.25. The Kier molecular flexibility index (Phi) is 7.55. The first kappa shape index (κ1) is 12.3. The van der Waals surface area contributed by atoms with E-state index >= 15 is 0 Å². The first-order chi connectivity index (χ1) is 6.93. The van der Waals surface area contributed by atoms with Gasteiger partial charge in [-0.2, -0.15) is 11.8 Å². The molecule has 1 fully saturated rings. The molecule has 1 aliphatic rings. The molecule has 1 unspecified atom stereocenters. The minimum Gasteiger partial charge on any atom is -0.380 e. The number of unbranched alkanes of at least 4 members (excludes halogenated alkanes) is 1. The molecule has 1 rings (SSSR count). The maximum atomic E-state index is 5.50. The van der Waals surface area contributed by atoms with Crippen molar-refractivity contribution in [1.29, 1.82) is 0 Å². The Bertz CT molecular complexity index is 126. The van der Waals surface area contributed by atoms with Crippen molar-refractivity contribution in [2.75, 3.05) is 31.3 Å². The molecule has 0 spiro atoms. The molecule has 1 heterocycles. The highest BCUT2D eigenvalue weighted by molar-refractivity contribution is 7.99. The van der Waals surface area contributed by atoms with Crippen LogP contribution in [-0.2, 0) is 4.74 Å². The first-order valence-corrected chi connectivity index (χ1v) is 6.98. The molecule has 0 bridgehead atoms. The second kappa shape index (κ2) is 8.57. The normalized spacial score (nSPS) is 22.5. The van der Waals surface area contributed by atoms with Gasteiger partial charge >= 0.3 is 0 Å². The van der Waals surface area contributed by atoms with Gasteiger partial charge < -0.3 is 10.1 Å². The Morgan fingerprint density at radius 3 is 3.07 bits per heavy atom. The second-order valence-electron chi connectivity index (χ2n) is 3.83. The van der Waals surface area contributed by atoms with E-state index in [0.29, 0.717) is 0 Å². The molecule has 1 atom stereocenters. The van der Waals surface area contributed by atoms with E-state index in [1.807, 2.05) is 0 Å². The van der Waals surface area contributed by atoms with Crippen LogP contribution in [0.1, 0.15) is 32.6 Å². The standard InChI is InChI=1S/C11H23NOS/c1-2-3-7-13-8-6-12-11-5-4-9-14-10-11/h11-12H,2-10H2,1H3. The van der Waals surface area contributed by atoms with Crippen LogP contribution in [0.25, 0.3) is 0 Å². The maximum absolute atomic E-state index is 5.50. The van der Waals surface area contributed by atoms with Crippen molar-refractivity contribution in [3.63, 3.8) is 0 Å². The lowest BCUT2D eigenvalue weighted by atomic mass is 10.2. The Balaban J connectivity index is 1.82. The Hall–Kier alpha value is 0.270. The lowest BCUT2D eigenvalue weighted by Gasteiger charge is -2.22. The van der Waals surface area contributed by atoms with Gasteiger partial charge in [-0.05, 0) is 25.0 Å². The molecule has 84 valence electrons. The molecule has 0 amide bonds. The van der Waals surface area contributed by atoms with Gasteiger partial charge in [-0.15, -0.1) is 0 Å². The van der Waals surface area contributed by atoms with E-state index in [1.54, 1.807) is 0 Å².